The van der Waals surface area contributed by atoms with Gasteiger partial charge < -0.3 is 4.74 Å². The number of aryl methyl sites for hydroxylation is 1. The standard InChI is InChI=1S/C20H22N4O2/c1-16-23(2)12-13-24(16)15-21-22-20(25)18-8-10-19(11-9-18)26-14-17-6-4-3-5-7-17/h3-13,21H,14-15H2,1-2H3/p+1. The van der Waals surface area contributed by atoms with Crippen molar-refractivity contribution in [3.8, 4) is 5.75 Å². The van der Waals surface area contributed by atoms with Gasteiger partial charge in [-0.15, -0.1) is 0 Å². The van der Waals surface area contributed by atoms with Crippen molar-refractivity contribution in [3.63, 3.8) is 0 Å². The molecule has 0 saturated carbocycles. The van der Waals surface area contributed by atoms with Gasteiger partial charge in [0.15, 0.2) is 6.67 Å². The van der Waals surface area contributed by atoms with Gasteiger partial charge in [-0.25, -0.2) is 9.13 Å². The van der Waals surface area contributed by atoms with Gasteiger partial charge in [-0.3, -0.25) is 10.2 Å². The summed E-state index contributed by atoms with van der Waals surface area (Å²) in [6, 6.07) is 17.1. The molecule has 0 bridgehead atoms. The van der Waals surface area contributed by atoms with Crippen LogP contribution in [0.4, 0.5) is 0 Å². The number of nitrogens with zero attached hydrogens (tertiary/aromatic N) is 2. The Morgan fingerprint density at radius 3 is 2.50 bits per heavy atom. The van der Waals surface area contributed by atoms with Gasteiger partial charge >= 0.3 is 0 Å². The molecule has 0 saturated heterocycles. The second kappa shape index (κ2) is 8.31. The van der Waals surface area contributed by atoms with Gasteiger partial charge in [-0.1, -0.05) is 30.3 Å². The van der Waals surface area contributed by atoms with Crippen LogP contribution in [0.3, 0.4) is 0 Å². The van der Waals surface area contributed by atoms with E-state index in [0.29, 0.717) is 18.8 Å². The van der Waals surface area contributed by atoms with Crippen molar-refractivity contribution >= 4 is 5.91 Å². The molecule has 3 aromatic rings. The molecule has 2 N–H and O–H groups in total. The van der Waals surface area contributed by atoms with Crippen molar-refractivity contribution in [1.82, 2.24) is 15.4 Å². The van der Waals surface area contributed by atoms with E-state index < -0.39 is 0 Å². The lowest BCUT2D eigenvalue weighted by molar-refractivity contribution is -0.677. The molecule has 0 aliphatic heterocycles. The van der Waals surface area contributed by atoms with E-state index in [1.807, 2.05) is 65.8 Å². The molecule has 26 heavy (non-hydrogen) atoms. The third kappa shape index (κ3) is 4.49. The lowest BCUT2D eigenvalue weighted by Crippen LogP contribution is -2.39. The van der Waals surface area contributed by atoms with Crippen molar-refractivity contribution in [2.45, 2.75) is 20.2 Å². The summed E-state index contributed by atoms with van der Waals surface area (Å²) in [6.07, 6.45) is 3.92. The smallest absolute Gasteiger partial charge is 0.265 e. The minimum atomic E-state index is -0.186. The van der Waals surface area contributed by atoms with Gasteiger partial charge in [0.2, 0.25) is 0 Å². The fourth-order valence-electron chi connectivity index (χ4n) is 2.49. The molecule has 0 aliphatic carbocycles. The van der Waals surface area contributed by atoms with Crippen LogP contribution < -0.4 is 20.2 Å². The van der Waals surface area contributed by atoms with E-state index in [1.165, 1.54) is 0 Å². The zero-order chi connectivity index (χ0) is 18.4. The van der Waals surface area contributed by atoms with E-state index in [4.69, 9.17) is 4.74 Å². The zero-order valence-corrected chi connectivity index (χ0v) is 15.0. The number of hydrogen-bond donors (Lipinski definition) is 2. The number of carbonyl (C=O) groups is 1. The third-order valence-corrected chi connectivity index (χ3v) is 4.21. The van der Waals surface area contributed by atoms with Gasteiger partial charge in [0.25, 0.3) is 11.7 Å². The maximum absolute atomic E-state index is 12.2. The normalized spacial score (nSPS) is 10.5. The Kier molecular flexibility index (Phi) is 5.66. The fourth-order valence-corrected chi connectivity index (χ4v) is 2.49. The Morgan fingerprint density at radius 1 is 1.12 bits per heavy atom. The largest absolute Gasteiger partial charge is 0.489 e. The van der Waals surface area contributed by atoms with E-state index in [9.17, 15) is 4.79 Å². The molecular formula is C20H23N4O2+. The molecule has 0 atom stereocenters. The number of nitrogens with one attached hydrogen (secondary N) is 2. The van der Waals surface area contributed by atoms with Crippen LogP contribution in [0.2, 0.25) is 0 Å². The summed E-state index contributed by atoms with van der Waals surface area (Å²) in [5.74, 6) is 1.63. The molecule has 6 nitrogen and oxygen atoms in total. The summed E-state index contributed by atoms with van der Waals surface area (Å²) in [5.41, 5.74) is 7.31. The van der Waals surface area contributed by atoms with E-state index in [2.05, 4.69) is 10.9 Å². The predicted octanol–water partition coefficient (Wildman–Crippen LogP) is 2.09. The van der Waals surface area contributed by atoms with Crippen molar-refractivity contribution in [3.05, 3.63) is 83.9 Å². The van der Waals surface area contributed by atoms with Gasteiger partial charge in [-0.2, -0.15) is 5.43 Å². The molecule has 1 aromatic heterocycles. The quantitative estimate of drug-likeness (QED) is 0.506. The topological polar surface area (TPSA) is 59.2 Å². The first-order chi connectivity index (χ1) is 12.6. The van der Waals surface area contributed by atoms with Crippen molar-refractivity contribution in [2.24, 2.45) is 7.05 Å². The zero-order valence-electron chi connectivity index (χ0n) is 15.0. The summed E-state index contributed by atoms with van der Waals surface area (Å²) in [5, 5.41) is 0. The first kappa shape index (κ1) is 17.7. The number of rotatable bonds is 7. The maximum Gasteiger partial charge on any atom is 0.265 e. The molecular weight excluding hydrogens is 328 g/mol. The number of benzene rings is 2. The van der Waals surface area contributed by atoms with E-state index >= 15 is 0 Å². The molecule has 1 heterocycles. The maximum atomic E-state index is 12.2. The highest BCUT2D eigenvalue weighted by Crippen LogP contribution is 2.14. The minimum absolute atomic E-state index is 0.186. The molecule has 6 heteroatoms. The second-order valence-corrected chi connectivity index (χ2v) is 6.01. The van der Waals surface area contributed by atoms with Gasteiger partial charge in [0.1, 0.15) is 24.8 Å². The van der Waals surface area contributed by atoms with Crippen LogP contribution in [0.1, 0.15) is 21.7 Å². The fraction of sp³-hybridized carbons (Fsp3) is 0.200. The van der Waals surface area contributed by atoms with Gasteiger partial charge in [0.05, 0.1) is 7.05 Å². The number of amides is 1. The Hall–Kier alpha value is -3.12. The van der Waals surface area contributed by atoms with Gasteiger partial charge in [0, 0.05) is 12.5 Å². The Bertz CT molecular complexity index is 857. The number of hydrazine groups is 1. The highest BCUT2D eigenvalue weighted by Gasteiger charge is 2.09. The van der Waals surface area contributed by atoms with Crippen LogP contribution in [0, 0.1) is 6.92 Å². The summed E-state index contributed by atoms with van der Waals surface area (Å²) in [7, 11) is 1.98. The number of ether oxygens (including phenoxy) is 1. The first-order valence-corrected chi connectivity index (χ1v) is 8.45. The number of aromatic nitrogens is 2. The van der Waals surface area contributed by atoms with Crippen molar-refractivity contribution < 1.29 is 14.1 Å². The van der Waals surface area contributed by atoms with Crippen molar-refractivity contribution in [2.75, 3.05) is 0 Å². The van der Waals surface area contributed by atoms with E-state index in [1.54, 1.807) is 24.3 Å². The molecule has 0 fully saturated rings. The molecule has 0 radical (unpaired) electrons. The minimum Gasteiger partial charge on any atom is -0.489 e. The average molecular weight is 351 g/mol. The predicted molar refractivity (Wildman–Crippen MR) is 98.2 cm³/mol. The van der Waals surface area contributed by atoms with Gasteiger partial charge in [-0.05, 0) is 29.8 Å². The molecule has 1 amide bonds. The second-order valence-electron chi connectivity index (χ2n) is 6.01. The summed E-state index contributed by atoms with van der Waals surface area (Å²) < 4.78 is 9.74. The van der Waals surface area contributed by atoms with Crippen LogP contribution in [-0.2, 0) is 20.3 Å². The monoisotopic (exact) mass is 351 g/mol. The van der Waals surface area contributed by atoms with Crippen LogP contribution >= 0.6 is 0 Å². The van der Waals surface area contributed by atoms with E-state index in [0.717, 1.165) is 17.1 Å². The van der Waals surface area contributed by atoms with Crippen LogP contribution in [0.15, 0.2) is 67.0 Å². The lowest BCUT2D eigenvalue weighted by atomic mass is 10.2. The Labute approximate surface area is 153 Å². The molecule has 0 aliphatic rings. The number of imidazole rings is 1. The van der Waals surface area contributed by atoms with Crippen molar-refractivity contribution in [1.29, 1.82) is 0 Å². The summed E-state index contributed by atoms with van der Waals surface area (Å²) in [6.45, 7) is 3.01. The molecule has 0 spiro atoms. The Morgan fingerprint density at radius 2 is 1.85 bits per heavy atom. The molecule has 0 unspecified atom stereocenters. The van der Waals surface area contributed by atoms with Crippen LogP contribution in [0.5, 0.6) is 5.75 Å². The molecule has 3 rings (SSSR count). The average Bonchev–Trinajstić information content (AvgIpc) is 3.00. The SMILES string of the molecule is Cc1n(CNNC(=O)c2ccc(OCc3ccccc3)cc2)cc[n+]1C. The number of hydrogen-bond acceptors (Lipinski definition) is 3. The lowest BCUT2D eigenvalue weighted by Gasteiger charge is -2.08. The molecule has 2 aromatic carbocycles. The third-order valence-electron chi connectivity index (χ3n) is 4.21. The highest BCUT2D eigenvalue weighted by atomic mass is 16.5. The molecule has 134 valence electrons. The summed E-state index contributed by atoms with van der Waals surface area (Å²) in [4.78, 5) is 12.2. The van der Waals surface area contributed by atoms with Crippen LogP contribution in [0.25, 0.3) is 0 Å². The van der Waals surface area contributed by atoms with E-state index in [-0.39, 0.29) is 5.91 Å². The first-order valence-electron chi connectivity index (χ1n) is 8.45. The number of carbonyl (C=O) groups excluding carboxylic acids is 1. The Balaban J connectivity index is 1.48. The summed E-state index contributed by atoms with van der Waals surface area (Å²) >= 11 is 0. The highest BCUT2D eigenvalue weighted by molar-refractivity contribution is 5.93. The van der Waals surface area contributed by atoms with Crippen LogP contribution in [-0.4, -0.2) is 10.5 Å².